The van der Waals surface area contributed by atoms with Gasteiger partial charge < -0.3 is 10.2 Å². The molecule has 0 radical (unpaired) electrons. The first-order valence-electron chi connectivity index (χ1n) is 12.6. The summed E-state index contributed by atoms with van der Waals surface area (Å²) in [6.45, 7) is 6.28. The second-order valence-corrected chi connectivity index (χ2v) is 11.5. The van der Waals surface area contributed by atoms with Crippen LogP contribution in [0.2, 0.25) is 0 Å². The molecule has 0 aliphatic heterocycles. The van der Waals surface area contributed by atoms with Crippen LogP contribution in [0.4, 0.5) is 4.39 Å². The molecule has 1 aromatic carbocycles. The number of fused-ring (bicyclic) bond motifs is 6. The van der Waals surface area contributed by atoms with Crippen molar-refractivity contribution in [1.29, 1.82) is 0 Å². The third-order valence-corrected chi connectivity index (χ3v) is 9.98. The first kappa shape index (κ1) is 22.1. The number of hydrogen-bond donors (Lipinski definition) is 2. The van der Waals surface area contributed by atoms with E-state index < -0.39 is 11.7 Å². The Morgan fingerprint density at radius 2 is 1.94 bits per heavy atom. The summed E-state index contributed by atoms with van der Waals surface area (Å²) in [5, 5.41) is 27.8. The Bertz CT molecular complexity index is 1240. The van der Waals surface area contributed by atoms with Crippen LogP contribution in [0.5, 0.6) is 0 Å². The Morgan fingerprint density at radius 1 is 1.18 bits per heavy atom. The molecular weight excluding hydrogens is 426 g/mol. The first-order valence-corrected chi connectivity index (χ1v) is 12.6. The molecule has 3 saturated carbocycles. The lowest BCUT2D eigenvalue weighted by Gasteiger charge is -2.60. The average Bonchev–Trinajstić information content (AvgIpc) is 3.30. The minimum absolute atomic E-state index is 0.134. The molecule has 0 unspecified atom stereocenters. The largest absolute Gasteiger partial charge is 0.393 e. The molecule has 34 heavy (non-hydrogen) atoms. The van der Waals surface area contributed by atoms with Gasteiger partial charge in [-0.25, -0.2) is 9.07 Å². The van der Waals surface area contributed by atoms with Gasteiger partial charge in [0.2, 0.25) is 0 Å². The zero-order valence-electron chi connectivity index (χ0n) is 20.2. The summed E-state index contributed by atoms with van der Waals surface area (Å²) < 4.78 is 15.4. The van der Waals surface area contributed by atoms with Gasteiger partial charge in [-0.2, -0.15) is 5.10 Å². The van der Waals surface area contributed by atoms with E-state index in [1.807, 2.05) is 10.9 Å². The maximum atomic E-state index is 13.5. The molecular formula is C29H33FN2O2. The number of aliphatic hydroxyl groups is 2. The van der Waals surface area contributed by atoms with Gasteiger partial charge in [0, 0.05) is 5.41 Å². The summed E-state index contributed by atoms with van der Waals surface area (Å²) >= 11 is 0. The number of allylic oxidation sites excluding steroid dienone is 1. The normalized spacial score (nSPS) is 40.2. The molecule has 7 atom stereocenters. The monoisotopic (exact) mass is 459 g/mol. The van der Waals surface area contributed by atoms with Crippen LogP contribution in [-0.4, -0.2) is 31.7 Å². The lowest BCUT2D eigenvalue weighted by Crippen LogP contribution is -2.59. The van der Waals surface area contributed by atoms with Crippen molar-refractivity contribution in [1.82, 2.24) is 9.78 Å². The van der Waals surface area contributed by atoms with Crippen molar-refractivity contribution >= 4 is 6.08 Å². The molecule has 1 aromatic heterocycles. The Labute approximate surface area is 200 Å². The van der Waals surface area contributed by atoms with Crippen LogP contribution in [0.15, 0.2) is 36.0 Å². The van der Waals surface area contributed by atoms with E-state index in [0.717, 1.165) is 37.1 Å². The van der Waals surface area contributed by atoms with Crippen LogP contribution in [0.25, 0.3) is 11.8 Å². The fraction of sp³-hybridized carbons (Fsp3) is 0.552. The minimum Gasteiger partial charge on any atom is -0.393 e. The standard InChI is InChI=1S/C29H33FN2O2/c1-4-12-29(34)13-11-23-22-10-5-19-14-24-18(17-31-32(24)21-8-6-20(30)7-9-21)15-27(19,2)26(22)25(33)16-28(23,29)3/h6-9,14,17,22-23,25-26,33-34H,5,10-11,13,15-16H2,1-3H3/t22-,23-,25-,26+,27-,28-,29-/m0/s1/i30-1. The van der Waals surface area contributed by atoms with E-state index in [1.165, 1.54) is 23.3 Å². The summed E-state index contributed by atoms with van der Waals surface area (Å²) in [6, 6.07) is 6.46. The van der Waals surface area contributed by atoms with Crippen LogP contribution < -0.4 is 0 Å². The number of hydrogen-bond acceptors (Lipinski definition) is 3. The average molecular weight is 460 g/mol. The van der Waals surface area contributed by atoms with E-state index in [0.29, 0.717) is 24.7 Å². The smallest absolute Gasteiger partial charge is 0.131 e. The van der Waals surface area contributed by atoms with Crippen LogP contribution in [0.1, 0.15) is 64.1 Å². The molecule has 6 rings (SSSR count). The molecule has 2 aromatic rings. The van der Waals surface area contributed by atoms with E-state index in [4.69, 9.17) is 0 Å². The maximum Gasteiger partial charge on any atom is 0.131 e. The maximum absolute atomic E-state index is 13.5. The quantitative estimate of drug-likeness (QED) is 0.595. The van der Waals surface area contributed by atoms with E-state index in [9.17, 15) is 14.6 Å². The van der Waals surface area contributed by atoms with Crippen molar-refractivity contribution in [2.24, 2.45) is 28.6 Å². The summed E-state index contributed by atoms with van der Waals surface area (Å²) in [6.07, 6.45) is 8.85. The van der Waals surface area contributed by atoms with Gasteiger partial charge in [-0.15, -0.1) is 5.92 Å². The summed E-state index contributed by atoms with van der Waals surface area (Å²) in [4.78, 5) is 0. The molecule has 4 aliphatic rings. The number of nitrogens with zero attached hydrogens (tertiary/aromatic N) is 2. The summed E-state index contributed by atoms with van der Waals surface area (Å²) in [5.74, 6) is 6.73. The molecule has 0 spiro atoms. The molecule has 0 bridgehead atoms. The zero-order valence-corrected chi connectivity index (χ0v) is 20.2. The van der Waals surface area contributed by atoms with Gasteiger partial charge in [0.1, 0.15) is 11.4 Å². The third-order valence-electron chi connectivity index (χ3n) is 9.98. The fourth-order valence-electron chi connectivity index (χ4n) is 8.39. The molecule has 0 amide bonds. The van der Waals surface area contributed by atoms with E-state index in [2.05, 4.69) is 36.9 Å². The fourth-order valence-corrected chi connectivity index (χ4v) is 8.39. The lowest BCUT2D eigenvalue weighted by molar-refractivity contribution is -0.152. The number of halogens is 1. The minimum atomic E-state index is -1.01. The van der Waals surface area contributed by atoms with E-state index in [1.54, 1.807) is 19.1 Å². The topological polar surface area (TPSA) is 58.3 Å². The predicted molar refractivity (Wildman–Crippen MR) is 129 cm³/mol. The Hall–Kier alpha value is -2.42. The van der Waals surface area contributed by atoms with Crippen molar-refractivity contribution in [2.45, 2.75) is 71.0 Å². The van der Waals surface area contributed by atoms with Gasteiger partial charge in [0.05, 0.1) is 23.7 Å². The predicted octanol–water partition coefficient (Wildman–Crippen LogP) is 4.92. The second-order valence-electron chi connectivity index (χ2n) is 11.5. The van der Waals surface area contributed by atoms with Crippen LogP contribution >= 0.6 is 0 Å². The molecule has 2 N–H and O–H groups in total. The Balaban J connectivity index is 1.38. The SMILES string of the molecule is CC#C[C@]1(O)CC[C@H]2[C@@H]3CCC4=Cc5c(cnn5-c5ccc([18F])cc5)C[C@]4(C)[C@H]3[C@@H](O)C[C@@]21C. The second kappa shape index (κ2) is 7.29. The summed E-state index contributed by atoms with van der Waals surface area (Å²) in [7, 11) is 0. The van der Waals surface area contributed by atoms with Gasteiger partial charge >= 0.3 is 0 Å². The van der Waals surface area contributed by atoms with Crippen molar-refractivity contribution < 1.29 is 14.6 Å². The highest BCUT2D eigenvalue weighted by Crippen LogP contribution is 2.67. The molecule has 5 heteroatoms. The van der Waals surface area contributed by atoms with Crippen molar-refractivity contribution in [3.63, 3.8) is 0 Å². The van der Waals surface area contributed by atoms with E-state index in [-0.39, 0.29) is 22.6 Å². The highest BCUT2D eigenvalue weighted by atomic mass is 18.2. The van der Waals surface area contributed by atoms with Gasteiger partial charge in [0.25, 0.3) is 0 Å². The number of aromatic nitrogens is 2. The molecule has 4 aliphatic carbocycles. The molecule has 4 nitrogen and oxygen atoms in total. The van der Waals surface area contributed by atoms with Gasteiger partial charge in [0.15, 0.2) is 0 Å². The molecule has 178 valence electrons. The van der Waals surface area contributed by atoms with E-state index >= 15 is 0 Å². The number of rotatable bonds is 1. The molecule has 0 saturated heterocycles. The third kappa shape index (κ3) is 2.82. The zero-order chi connectivity index (χ0) is 23.9. The van der Waals surface area contributed by atoms with Crippen LogP contribution in [-0.2, 0) is 6.42 Å². The highest BCUT2D eigenvalue weighted by Gasteiger charge is 2.66. The van der Waals surface area contributed by atoms with Crippen LogP contribution in [0.3, 0.4) is 0 Å². The Kier molecular flexibility index (Phi) is 4.73. The van der Waals surface area contributed by atoms with Crippen molar-refractivity contribution in [3.05, 3.63) is 53.1 Å². The number of aliphatic hydroxyl groups excluding tert-OH is 1. The number of benzene rings is 1. The van der Waals surface area contributed by atoms with Crippen molar-refractivity contribution in [3.8, 4) is 17.5 Å². The first-order chi connectivity index (χ1) is 16.2. The molecule has 1 heterocycles. The highest BCUT2D eigenvalue weighted by molar-refractivity contribution is 5.61. The van der Waals surface area contributed by atoms with Crippen LogP contribution in [0, 0.1) is 46.2 Å². The van der Waals surface area contributed by atoms with Gasteiger partial charge in [-0.1, -0.05) is 25.3 Å². The molecule has 3 fully saturated rings. The van der Waals surface area contributed by atoms with Gasteiger partial charge in [-0.05, 0) is 105 Å². The summed E-state index contributed by atoms with van der Waals surface area (Å²) in [5.41, 5.74) is 2.97. The Morgan fingerprint density at radius 3 is 2.68 bits per heavy atom. The lowest BCUT2D eigenvalue weighted by atomic mass is 9.45. The van der Waals surface area contributed by atoms with Crippen molar-refractivity contribution in [2.75, 3.05) is 0 Å². The van der Waals surface area contributed by atoms with Gasteiger partial charge in [-0.3, -0.25) is 0 Å².